The molecule has 0 radical (unpaired) electrons. The molecule has 2 aromatic heterocycles. The Morgan fingerprint density at radius 1 is 1.38 bits per heavy atom. The summed E-state index contributed by atoms with van der Waals surface area (Å²) in [6, 6.07) is 0. The quantitative estimate of drug-likeness (QED) is 0.371. The van der Waals surface area contributed by atoms with Crippen LogP contribution >= 0.6 is 23.1 Å². The number of hydrazine groups is 1. The molecule has 2 aromatic rings. The Labute approximate surface area is 102 Å². The van der Waals surface area contributed by atoms with E-state index in [1.807, 2.05) is 6.26 Å². The highest BCUT2D eigenvalue weighted by Crippen LogP contribution is 2.39. The number of nitrogens with zero attached hydrogens (tertiary/aromatic N) is 2. The number of anilines is 1. The molecule has 1 aliphatic rings. The van der Waals surface area contributed by atoms with Crippen LogP contribution in [0.25, 0.3) is 10.2 Å². The van der Waals surface area contributed by atoms with Gasteiger partial charge in [0.1, 0.15) is 4.83 Å². The summed E-state index contributed by atoms with van der Waals surface area (Å²) >= 11 is 3.33. The van der Waals surface area contributed by atoms with Crippen LogP contribution in [-0.4, -0.2) is 16.2 Å². The lowest BCUT2D eigenvalue weighted by Gasteiger charge is -2.04. The van der Waals surface area contributed by atoms with Gasteiger partial charge in [-0.05, 0) is 31.1 Å². The summed E-state index contributed by atoms with van der Waals surface area (Å²) in [6.07, 6.45) is 5.52. The van der Waals surface area contributed by atoms with Gasteiger partial charge in [0.25, 0.3) is 0 Å². The van der Waals surface area contributed by atoms with Crippen LogP contribution in [0.15, 0.2) is 5.16 Å². The van der Waals surface area contributed by atoms with Gasteiger partial charge in [-0.3, -0.25) is 0 Å². The lowest BCUT2D eigenvalue weighted by Crippen LogP contribution is -2.10. The normalized spacial score (nSPS) is 14.4. The van der Waals surface area contributed by atoms with Crippen LogP contribution in [0.5, 0.6) is 0 Å². The Balaban J connectivity index is 2.32. The van der Waals surface area contributed by atoms with Gasteiger partial charge in [0, 0.05) is 4.88 Å². The van der Waals surface area contributed by atoms with Crippen LogP contribution in [0.4, 0.5) is 5.82 Å². The molecule has 6 heteroatoms. The first-order valence-corrected chi connectivity index (χ1v) is 7.20. The van der Waals surface area contributed by atoms with Gasteiger partial charge >= 0.3 is 0 Å². The number of aryl methyl sites for hydroxylation is 2. The van der Waals surface area contributed by atoms with Gasteiger partial charge in [0.15, 0.2) is 11.0 Å². The molecule has 0 fully saturated rings. The van der Waals surface area contributed by atoms with Crippen molar-refractivity contribution in [3.63, 3.8) is 0 Å². The lowest BCUT2D eigenvalue weighted by molar-refractivity contribution is 0.915. The number of nitrogen functional groups attached to an aromatic ring is 1. The van der Waals surface area contributed by atoms with Gasteiger partial charge < -0.3 is 5.43 Å². The van der Waals surface area contributed by atoms with Crippen molar-refractivity contribution in [1.29, 1.82) is 0 Å². The van der Waals surface area contributed by atoms with Crippen LogP contribution in [0, 0.1) is 0 Å². The summed E-state index contributed by atoms with van der Waals surface area (Å²) in [7, 11) is 0. The molecule has 0 aliphatic heterocycles. The minimum atomic E-state index is 0.772. The smallest absolute Gasteiger partial charge is 0.190 e. The van der Waals surface area contributed by atoms with Gasteiger partial charge in [0.2, 0.25) is 0 Å². The minimum absolute atomic E-state index is 0.772. The van der Waals surface area contributed by atoms with Gasteiger partial charge in [0.05, 0.1) is 5.39 Å². The third-order valence-corrected chi connectivity index (χ3v) is 4.60. The zero-order valence-corrected chi connectivity index (χ0v) is 10.5. The molecule has 0 bridgehead atoms. The first-order valence-electron chi connectivity index (χ1n) is 5.16. The lowest BCUT2D eigenvalue weighted by atomic mass is 10.2. The summed E-state index contributed by atoms with van der Waals surface area (Å²) in [5, 5.41) is 1.91. The zero-order chi connectivity index (χ0) is 11.1. The van der Waals surface area contributed by atoms with Crippen molar-refractivity contribution < 1.29 is 0 Å². The van der Waals surface area contributed by atoms with E-state index < -0.39 is 0 Å². The Morgan fingerprint density at radius 2 is 2.25 bits per heavy atom. The molecule has 2 heterocycles. The summed E-state index contributed by atoms with van der Waals surface area (Å²) in [5.74, 6) is 6.32. The van der Waals surface area contributed by atoms with E-state index in [0.29, 0.717) is 0 Å². The van der Waals surface area contributed by atoms with Crippen molar-refractivity contribution in [2.45, 2.75) is 24.4 Å². The van der Waals surface area contributed by atoms with Crippen molar-refractivity contribution in [3.05, 3.63) is 10.4 Å². The van der Waals surface area contributed by atoms with Crippen molar-refractivity contribution in [3.8, 4) is 0 Å². The average molecular weight is 252 g/mol. The number of thiophene rings is 1. The predicted octanol–water partition coefficient (Wildman–Crippen LogP) is 2.19. The molecular weight excluding hydrogens is 240 g/mol. The third-order valence-electron chi connectivity index (χ3n) is 2.86. The fraction of sp³-hybridized carbons (Fsp3) is 0.400. The van der Waals surface area contributed by atoms with E-state index in [4.69, 9.17) is 5.84 Å². The van der Waals surface area contributed by atoms with Gasteiger partial charge in [-0.25, -0.2) is 15.8 Å². The Morgan fingerprint density at radius 3 is 3.00 bits per heavy atom. The number of thioether (sulfide) groups is 1. The first kappa shape index (κ1) is 10.3. The van der Waals surface area contributed by atoms with Crippen LogP contribution in [0.2, 0.25) is 0 Å². The molecular formula is C10H12N4S2. The maximum atomic E-state index is 5.55. The van der Waals surface area contributed by atoms with Crippen LogP contribution in [-0.2, 0) is 12.8 Å². The SMILES string of the molecule is CSc1nc(NN)c2c3c(sc2n1)CCC3. The molecule has 0 amide bonds. The Hall–Kier alpha value is -0.850. The van der Waals surface area contributed by atoms with Crippen LogP contribution in [0.1, 0.15) is 16.9 Å². The third kappa shape index (κ3) is 1.41. The van der Waals surface area contributed by atoms with E-state index in [1.165, 1.54) is 23.3 Å². The first-order chi connectivity index (χ1) is 7.83. The maximum absolute atomic E-state index is 5.55. The number of hydrogen-bond acceptors (Lipinski definition) is 6. The van der Waals surface area contributed by atoms with E-state index in [-0.39, 0.29) is 0 Å². The zero-order valence-electron chi connectivity index (χ0n) is 8.91. The number of hydrogen-bond donors (Lipinski definition) is 2. The van der Waals surface area contributed by atoms with Crippen molar-refractivity contribution in [2.24, 2.45) is 5.84 Å². The maximum Gasteiger partial charge on any atom is 0.190 e. The number of fused-ring (bicyclic) bond motifs is 3. The van der Waals surface area contributed by atoms with E-state index in [0.717, 1.165) is 27.6 Å². The van der Waals surface area contributed by atoms with Crippen molar-refractivity contribution >= 4 is 39.1 Å². The largest absolute Gasteiger partial charge is 0.308 e. The molecule has 1 aliphatic carbocycles. The van der Waals surface area contributed by atoms with Gasteiger partial charge in [-0.15, -0.1) is 11.3 Å². The Kier molecular flexibility index (Phi) is 2.49. The molecule has 0 spiro atoms. The number of nitrogens with two attached hydrogens (primary N) is 1. The number of nitrogens with one attached hydrogen (secondary N) is 1. The van der Waals surface area contributed by atoms with Gasteiger partial charge in [-0.1, -0.05) is 11.8 Å². The minimum Gasteiger partial charge on any atom is -0.308 e. The molecule has 84 valence electrons. The Bertz CT molecular complexity index is 549. The predicted molar refractivity (Wildman–Crippen MR) is 69.0 cm³/mol. The fourth-order valence-corrected chi connectivity index (χ4v) is 3.86. The second-order valence-corrected chi connectivity index (χ2v) is 5.60. The standard InChI is InChI=1S/C10H12N4S2/c1-15-10-12-8(14-11)7-5-3-2-4-6(5)16-9(7)13-10/h2-4,11H2,1H3,(H,12,13,14). The molecule has 0 aromatic carbocycles. The molecule has 0 unspecified atom stereocenters. The number of rotatable bonds is 2. The molecule has 3 rings (SSSR count). The highest BCUT2D eigenvalue weighted by Gasteiger charge is 2.21. The molecule has 0 saturated heterocycles. The monoisotopic (exact) mass is 252 g/mol. The molecule has 16 heavy (non-hydrogen) atoms. The van der Waals surface area contributed by atoms with E-state index in [9.17, 15) is 0 Å². The van der Waals surface area contributed by atoms with Crippen LogP contribution in [0.3, 0.4) is 0 Å². The number of aromatic nitrogens is 2. The summed E-state index contributed by atoms with van der Waals surface area (Å²) < 4.78 is 0. The van der Waals surface area contributed by atoms with Crippen molar-refractivity contribution in [2.75, 3.05) is 11.7 Å². The van der Waals surface area contributed by atoms with Crippen LogP contribution < -0.4 is 11.3 Å². The molecule has 3 N–H and O–H groups in total. The van der Waals surface area contributed by atoms with Gasteiger partial charge in [-0.2, -0.15) is 0 Å². The fourth-order valence-electron chi connectivity index (χ4n) is 2.17. The van der Waals surface area contributed by atoms with E-state index in [2.05, 4.69) is 15.4 Å². The van der Waals surface area contributed by atoms with E-state index >= 15 is 0 Å². The van der Waals surface area contributed by atoms with E-state index in [1.54, 1.807) is 23.1 Å². The topological polar surface area (TPSA) is 63.8 Å². The summed E-state index contributed by atoms with van der Waals surface area (Å²) in [6.45, 7) is 0. The highest BCUT2D eigenvalue weighted by molar-refractivity contribution is 7.98. The second kappa shape index (κ2) is 3.87. The second-order valence-electron chi connectivity index (χ2n) is 3.74. The highest BCUT2D eigenvalue weighted by atomic mass is 32.2. The average Bonchev–Trinajstić information content (AvgIpc) is 2.86. The van der Waals surface area contributed by atoms with Crippen molar-refractivity contribution in [1.82, 2.24) is 9.97 Å². The molecule has 0 saturated carbocycles. The molecule has 4 nitrogen and oxygen atoms in total. The molecule has 0 atom stereocenters. The summed E-state index contributed by atoms with van der Waals surface area (Å²) in [5.41, 5.74) is 4.11. The summed E-state index contributed by atoms with van der Waals surface area (Å²) in [4.78, 5) is 11.5.